The van der Waals surface area contributed by atoms with Crippen molar-refractivity contribution >= 4 is 29.5 Å². The first kappa shape index (κ1) is 23.3. The molecule has 0 aromatic heterocycles. The molecule has 0 heterocycles. The zero-order valence-electron chi connectivity index (χ0n) is 15.8. The molecule has 0 unspecified atom stereocenters. The number of rotatable bonds is 12. The first-order chi connectivity index (χ1) is 11.8. The Morgan fingerprint density at radius 2 is 1.80 bits per heavy atom. The average Bonchev–Trinajstić information content (AvgIpc) is 2.55. The summed E-state index contributed by atoms with van der Waals surface area (Å²) in [5.41, 5.74) is 2.01. The maximum Gasteiger partial charge on any atom is 0.377 e. The lowest BCUT2D eigenvalue weighted by molar-refractivity contribution is -0.145. The quantitative estimate of drug-likeness (QED) is 0.103. The molecule has 7 nitrogen and oxygen atoms in total. The third-order valence-electron chi connectivity index (χ3n) is 3.35. The van der Waals surface area contributed by atoms with Crippen LogP contribution in [0.15, 0.2) is 11.8 Å². The lowest BCUT2D eigenvalue weighted by atomic mass is 9.86. The first-order valence-electron chi connectivity index (χ1n) is 8.34. The van der Waals surface area contributed by atoms with Crippen LogP contribution < -0.4 is 5.48 Å². The molecule has 0 aliphatic carbocycles. The molecule has 0 amide bonds. The van der Waals surface area contributed by atoms with Crippen molar-refractivity contribution in [3.63, 3.8) is 0 Å². The number of hydrogen-bond acceptors (Lipinski definition) is 7. The molecule has 0 fully saturated rings. The highest BCUT2D eigenvalue weighted by atomic mass is 32.2. The minimum Gasteiger partial charge on any atom is -0.463 e. The SMILES string of the molecule is CCOC(=O)C=C(ONC(=N)C(C)(C)CCCCSC)C(=O)OCC. The lowest BCUT2D eigenvalue weighted by Gasteiger charge is -2.26. The van der Waals surface area contributed by atoms with Gasteiger partial charge in [-0.3, -0.25) is 5.41 Å². The van der Waals surface area contributed by atoms with Crippen molar-refractivity contribution in [1.29, 1.82) is 5.41 Å². The fraction of sp³-hybridized carbons (Fsp3) is 0.706. The summed E-state index contributed by atoms with van der Waals surface area (Å²) in [4.78, 5) is 28.5. The van der Waals surface area contributed by atoms with E-state index in [0.717, 1.165) is 31.1 Å². The maximum atomic E-state index is 11.9. The highest BCUT2D eigenvalue weighted by Gasteiger charge is 2.25. The van der Waals surface area contributed by atoms with Gasteiger partial charge in [0.25, 0.3) is 0 Å². The monoisotopic (exact) mass is 374 g/mol. The minimum atomic E-state index is -0.798. The molecular formula is C17H30N2O5S. The summed E-state index contributed by atoms with van der Waals surface area (Å²) in [6.45, 7) is 7.46. The standard InChI is InChI=1S/C17H30N2O5S/c1-6-22-14(20)12-13(15(21)23-7-2)24-19-16(18)17(3,4)10-8-9-11-25-5/h12H,6-11H2,1-5H3,(H2,18,19). The molecule has 0 radical (unpaired) electrons. The summed E-state index contributed by atoms with van der Waals surface area (Å²) in [6, 6.07) is 0. The molecule has 0 aliphatic heterocycles. The second-order valence-electron chi connectivity index (χ2n) is 5.89. The fourth-order valence-electron chi connectivity index (χ4n) is 1.81. The zero-order chi connectivity index (χ0) is 19.3. The second kappa shape index (κ2) is 12.6. The van der Waals surface area contributed by atoms with E-state index in [9.17, 15) is 9.59 Å². The molecule has 0 bridgehead atoms. The van der Waals surface area contributed by atoms with Crippen molar-refractivity contribution in [3.05, 3.63) is 11.8 Å². The fourth-order valence-corrected chi connectivity index (χ4v) is 2.30. The predicted octanol–water partition coefficient (Wildman–Crippen LogP) is 3.05. The van der Waals surface area contributed by atoms with Gasteiger partial charge in [0.15, 0.2) is 0 Å². The van der Waals surface area contributed by atoms with Gasteiger partial charge in [0.2, 0.25) is 5.76 Å². The number of ether oxygens (including phenoxy) is 2. The summed E-state index contributed by atoms with van der Waals surface area (Å²) in [6.07, 6.45) is 5.85. The molecule has 144 valence electrons. The van der Waals surface area contributed by atoms with Gasteiger partial charge in [-0.1, -0.05) is 20.3 Å². The molecule has 8 heteroatoms. The van der Waals surface area contributed by atoms with Crippen LogP contribution >= 0.6 is 11.8 Å². The average molecular weight is 375 g/mol. The molecule has 0 saturated carbocycles. The smallest absolute Gasteiger partial charge is 0.377 e. The molecular weight excluding hydrogens is 344 g/mol. The zero-order valence-corrected chi connectivity index (χ0v) is 16.6. The van der Waals surface area contributed by atoms with Crippen LogP contribution in [0.2, 0.25) is 0 Å². The van der Waals surface area contributed by atoms with E-state index in [1.165, 1.54) is 0 Å². The Morgan fingerprint density at radius 1 is 1.16 bits per heavy atom. The van der Waals surface area contributed by atoms with Gasteiger partial charge in [-0.25, -0.2) is 15.1 Å². The van der Waals surface area contributed by atoms with Gasteiger partial charge >= 0.3 is 11.9 Å². The molecule has 0 aromatic rings. The van der Waals surface area contributed by atoms with Crippen molar-refractivity contribution in [2.45, 2.75) is 47.0 Å². The summed E-state index contributed by atoms with van der Waals surface area (Å²) in [5, 5.41) is 8.13. The third-order valence-corrected chi connectivity index (χ3v) is 4.05. The van der Waals surface area contributed by atoms with Gasteiger partial charge in [-0.05, 0) is 38.7 Å². The molecule has 0 saturated heterocycles. The molecule has 0 spiro atoms. The number of nitrogens with one attached hydrogen (secondary N) is 2. The van der Waals surface area contributed by atoms with Crippen LogP contribution in [0.25, 0.3) is 0 Å². The Bertz CT molecular complexity index is 478. The van der Waals surface area contributed by atoms with E-state index in [1.807, 2.05) is 13.8 Å². The summed E-state index contributed by atoms with van der Waals surface area (Å²) in [7, 11) is 0. The van der Waals surface area contributed by atoms with Gasteiger partial charge in [-0.2, -0.15) is 11.8 Å². The number of carbonyl (C=O) groups is 2. The molecule has 0 rings (SSSR count). The summed E-state index contributed by atoms with van der Waals surface area (Å²) < 4.78 is 9.60. The summed E-state index contributed by atoms with van der Waals surface area (Å²) >= 11 is 1.80. The van der Waals surface area contributed by atoms with E-state index in [-0.39, 0.29) is 24.8 Å². The Kier molecular flexibility index (Phi) is 11.8. The van der Waals surface area contributed by atoms with Crippen LogP contribution in [-0.4, -0.2) is 43.0 Å². The lowest BCUT2D eigenvalue weighted by Crippen LogP contribution is -2.37. The molecule has 0 atom stereocenters. The van der Waals surface area contributed by atoms with Crippen molar-refractivity contribution in [2.75, 3.05) is 25.2 Å². The van der Waals surface area contributed by atoms with E-state index in [4.69, 9.17) is 19.7 Å². The number of unbranched alkanes of at least 4 members (excludes halogenated alkanes) is 1. The van der Waals surface area contributed by atoms with Gasteiger partial charge in [0, 0.05) is 5.41 Å². The van der Waals surface area contributed by atoms with Gasteiger partial charge < -0.3 is 14.3 Å². The van der Waals surface area contributed by atoms with Crippen molar-refractivity contribution in [1.82, 2.24) is 5.48 Å². The Balaban J connectivity index is 4.77. The van der Waals surface area contributed by atoms with E-state index < -0.39 is 17.4 Å². The number of hydroxylamine groups is 1. The van der Waals surface area contributed by atoms with Crippen LogP contribution in [0.1, 0.15) is 47.0 Å². The minimum absolute atomic E-state index is 0.121. The molecule has 0 aliphatic rings. The molecule has 2 N–H and O–H groups in total. The van der Waals surface area contributed by atoms with Crippen LogP contribution in [0.5, 0.6) is 0 Å². The Hall–Kier alpha value is -1.70. The number of amidine groups is 1. The van der Waals surface area contributed by atoms with E-state index in [1.54, 1.807) is 25.6 Å². The third kappa shape index (κ3) is 10.0. The number of hydrogen-bond donors (Lipinski definition) is 2. The van der Waals surface area contributed by atoms with E-state index in [0.29, 0.717) is 0 Å². The topological polar surface area (TPSA) is 97.7 Å². The van der Waals surface area contributed by atoms with Crippen LogP contribution in [0.3, 0.4) is 0 Å². The van der Waals surface area contributed by atoms with Crippen LogP contribution in [0, 0.1) is 10.8 Å². The van der Waals surface area contributed by atoms with E-state index >= 15 is 0 Å². The van der Waals surface area contributed by atoms with Crippen LogP contribution in [-0.2, 0) is 23.9 Å². The van der Waals surface area contributed by atoms with Crippen molar-refractivity contribution in [2.24, 2.45) is 5.41 Å². The number of esters is 2. The normalized spacial score (nSPS) is 11.6. The van der Waals surface area contributed by atoms with Crippen molar-refractivity contribution < 1.29 is 23.9 Å². The maximum absolute atomic E-state index is 11.9. The highest BCUT2D eigenvalue weighted by Crippen LogP contribution is 2.24. The van der Waals surface area contributed by atoms with Gasteiger partial charge in [0.1, 0.15) is 5.84 Å². The van der Waals surface area contributed by atoms with Gasteiger partial charge in [-0.15, -0.1) is 0 Å². The van der Waals surface area contributed by atoms with Crippen molar-refractivity contribution in [3.8, 4) is 0 Å². The summed E-state index contributed by atoms with van der Waals surface area (Å²) in [5.74, 6) is -0.648. The number of carbonyl (C=O) groups excluding carboxylic acids is 2. The van der Waals surface area contributed by atoms with Crippen LogP contribution in [0.4, 0.5) is 0 Å². The highest BCUT2D eigenvalue weighted by molar-refractivity contribution is 7.98. The largest absolute Gasteiger partial charge is 0.463 e. The molecule has 0 aromatic carbocycles. The Morgan fingerprint density at radius 3 is 2.36 bits per heavy atom. The predicted molar refractivity (Wildman–Crippen MR) is 99.3 cm³/mol. The Labute approximate surface area is 154 Å². The second-order valence-corrected chi connectivity index (χ2v) is 6.88. The number of thioether (sulfide) groups is 1. The van der Waals surface area contributed by atoms with E-state index in [2.05, 4.69) is 11.7 Å². The van der Waals surface area contributed by atoms with Gasteiger partial charge in [0.05, 0.1) is 19.3 Å². The molecule has 25 heavy (non-hydrogen) atoms. The first-order valence-corrected chi connectivity index (χ1v) is 9.74.